The Morgan fingerprint density at radius 2 is 0.948 bits per heavy atom. The van der Waals surface area contributed by atoms with Crippen LogP contribution in [-0.4, -0.2) is 18.9 Å². The quantitative estimate of drug-likeness (QED) is 0.121. The Bertz CT molecular complexity index is 4370. The highest BCUT2D eigenvalue weighted by atomic mass is 16.5. The highest BCUT2D eigenvalue weighted by molar-refractivity contribution is 6.17. The zero-order chi connectivity index (χ0) is 52.6. The Kier molecular flexibility index (Phi) is 11.9. The largest absolute Gasteiger partial charge is 0.457 e. The highest BCUT2D eigenvalue weighted by Crippen LogP contribution is 2.45. The Balaban J connectivity index is 0.969. The molecule has 10 aromatic carbocycles. The lowest BCUT2D eigenvalue weighted by Crippen LogP contribution is -2.09. The minimum absolute atomic E-state index is 0.257. The molecule has 376 valence electrons. The normalized spacial score (nSPS) is 12.1. The minimum atomic E-state index is 0.257. The van der Waals surface area contributed by atoms with Crippen LogP contribution in [0.3, 0.4) is 0 Å². The fourth-order valence-corrected chi connectivity index (χ4v) is 12.0. The van der Waals surface area contributed by atoms with E-state index >= 15 is 0 Å². The second kappa shape index (κ2) is 19.1. The predicted molar refractivity (Wildman–Crippen MR) is 324 cm³/mol. The van der Waals surface area contributed by atoms with Crippen molar-refractivity contribution < 1.29 is 4.74 Å². The zero-order valence-corrected chi connectivity index (χ0v) is 45.1. The van der Waals surface area contributed by atoms with Gasteiger partial charge in [-0.25, -0.2) is 9.97 Å². The van der Waals surface area contributed by atoms with Gasteiger partial charge in [-0.1, -0.05) is 195 Å². The maximum absolute atomic E-state index is 6.98. The van der Waals surface area contributed by atoms with E-state index in [-0.39, 0.29) is 11.8 Å². The molecule has 0 aliphatic carbocycles. The van der Waals surface area contributed by atoms with E-state index in [1.54, 1.807) is 0 Å². The molecular formula is C72H62N4O. The van der Waals surface area contributed by atoms with E-state index in [2.05, 4.69) is 265 Å². The number of hydrogen-bond donors (Lipinski definition) is 0. The third-order valence-corrected chi connectivity index (χ3v) is 15.8. The average Bonchev–Trinajstić information content (AvgIpc) is 4.15. The first-order valence-corrected chi connectivity index (χ1v) is 27.4. The Morgan fingerprint density at radius 3 is 1.62 bits per heavy atom. The van der Waals surface area contributed by atoms with E-state index in [1.165, 1.54) is 72.1 Å². The number of ether oxygens (including phenoxy) is 1. The molecule has 0 aliphatic heterocycles. The van der Waals surface area contributed by atoms with Gasteiger partial charge in [0.15, 0.2) is 0 Å². The number of pyridine rings is 1. The van der Waals surface area contributed by atoms with Gasteiger partial charge in [-0.2, -0.15) is 0 Å². The third kappa shape index (κ3) is 8.24. The number of hydrogen-bond acceptors (Lipinski definition) is 3. The van der Waals surface area contributed by atoms with Gasteiger partial charge in [-0.3, -0.25) is 8.97 Å². The summed E-state index contributed by atoms with van der Waals surface area (Å²) in [6.45, 7) is 18.5. The summed E-state index contributed by atoms with van der Waals surface area (Å²) in [6, 6.07) is 74.8. The summed E-state index contributed by atoms with van der Waals surface area (Å²) in [4.78, 5) is 10.9. The third-order valence-electron chi connectivity index (χ3n) is 15.8. The molecule has 0 atom stereocenters. The molecule has 0 unspecified atom stereocenters. The second-order valence-corrected chi connectivity index (χ2v) is 22.1. The van der Waals surface area contributed by atoms with Crippen molar-refractivity contribution in [3.63, 3.8) is 0 Å². The lowest BCUT2D eigenvalue weighted by atomic mass is 9.82. The molecule has 0 saturated carbocycles. The van der Waals surface area contributed by atoms with E-state index in [1.807, 2.05) is 6.07 Å². The molecule has 13 rings (SSSR count). The first-order valence-electron chi connectivity index (χ1n) is 27.4. The van der Waals surface area contributed by atoms with Crippen molar-refractivity contribution in [1.82, 2.24) is 18.9 Å². The van der Waals surface area contributed by atoms with Crippen LogP contribution in [-0.2, 0) is 0 Å². The standard InChI is InChI=1S/C72H62N4O/c1-43(2)59-37-52(47-20-11-9-12-21-47)38-60(44(3)4)68(59)50-30-33-58-57-34-32-55(42-63(57)72-74-65-35-31-49-24-15-16-27-56(49)70(65)76(72)67(58)41-50)77-54-26-19-25-51(36-54)71-73-64-28-17-18-29-66(64)75(71)69-61(45(5)6)39-53(40-62(69)46(7)8)48-22-13-10-14-23-48/h9-46H,1-8H3. The lowest BCUT2D eigenvalue weighted by Gasteiger charge is -2.24. The maximum Gasteiger partial charge on any atom is 0.146 e. The van der Waals surface area contributed by atoms with Gasteiger partial charge in [0, 0.05) is 21.7 Å². The van der Waals surface area contributed by atoms with Crippen LogP contribution in [0.2, 0.25) is 0 Å². The number of fused-ring (bicyclic) bond motifs is 11. The van der Waals surface area contributed by atoms with Gasteiger partial charge in [0.05, 0.1) is 33.3 Å². The predicted octanol–water partition coefficient (Wildman–Crippen LogP) is 20.2. The van der Waals surface area contributed by atoms with Crippen molar-refractivity contribution in [3.05, 3.63) is 229 Å². The Morgan fingerprint density at radius 1 is 0.364 bits per heavy atom. The zero-order valence-electron chi connectivity index (χ0n) is 45.1. The van der Waals surface area contributed by atoms with E-state index < -0.39 is 0 Å². The topological polar surface area (TPSA) is 44.3 Å². The maximum atomic E-state index is 6.98. The molecular weight excluding hydrogens is 937 g/mol. The van der Waals surface area contributed by atoms with E-state index in [0.29, 0.717) is 11.8 Å². The number of nitrogens with zero attached hydrogens (tertiary/aromatic N) is 4. The number of rotatable bonds is 11. The van der Waals surface area contributed by atoms with Crippen LogP contribution in [0.4, 0.5) is 0 Å². The van der Waals surface area contributed by atoms with Crippen LogP contribution < -0.4 is 4.74 Å². The van der Waals surface area contributed by atoms with Crippen LogP contribution in [0, 0.1) is 0 Å². The molecule has 0 bridgehead atoms. The van der Waals surface area contributed by atoms with Crippen molar-refractivity contribution in [2.75, 3.05) is 0 Å². The van der Waals surface area contributed by atoms with Gasteiger partial charge >= 0.3 is 0 Å². The van der Waals surface area contributed by atoms with Crippen molar-refractivity contribution in [3.8, 4) is 62.0 Å². The first kappa shape index (κ1) is 47.9. The smallest absolute Gasteiger partial charge is 0.146 e. The van der Waals surface area contributed by atoms with Gasteiger partial charge < -0.3 is 4.74 Å². The number of aromatic nitrogens is 4. The van der Waals surface area contributed by atoms with Crippen LogP contribution in [0.25, 0.3) is 111 Å². The molecule has 0 aliphatic rings. The molecule has 13 aromatic rings. The molecule has 5 heteroatoms. The molecule has 0 amide bonds. The number of para-hydroxylation sites is 2. The summed E-state index contributed by atoms with van der Waals surface area (Å²) in [5.74, 6) is 3.48. The SMILES string of the molecule is CC(C)c1cc(-c2ccccc2)cc(C(C)C)c1-c1ccc2c3ccc(Oc4cccc(-c5nc6ccccc6n5-c5c(C(C)C)cc(-c6ccccc6)cc5C(C)C)c4)cc3c3nc4ccc5ccccc5c4n3c2c1. The summed E-state index contributed by atoms with van der Waals surface area (Å²) >= 11 is 0. The number of benzene rings is 10. The van der Waals surface area contributed by atoms with Crippen molar-refractivity contribution >= 4 is 60.2 Å². The lowest BCUT2D eigenvalue weighted by molar-refractivity contribution is 0.483. The fraction of sp³-hybridized carbons (Fsp3) is 0.167. The monoisotopic (exact) mass is 998 g/mol. The van der Waals surface area contributed by atoms with Crippen LogP contribution in [0.15, 0.2) is 206 Å². The molecule has 0 N–H and O–H groups in total. The minimum Gasteiger partial charge on any atom is -0.457 e. The van der Waals surface area contributed by atoms with Crippen LogP contribution in [0.5, 0.6) is 11.5 Å². The summed E-state index contributed by atoms with van der Waals surface area (Å²) < 4.78 is 11.8. The summed E-state index contributed by atoms with van der Waals surface area (Å²) in [5, 5.41) is 5.67. The molecule has 0 spiro atoms. The molecule has 0 radical (unpaired) electrons. The molecule has 3 heterocycles. The molecule has 5 nitrogen and oxygen atoms in total. The van der Waals surface area contributed by atoms with Gasteiger partial charge in [0.25, 0.3) is 0 Å². The van der Waals surface area contributed by atoms with Crippen molar-refractivity contribution in [1.29, 1.82) is 0 Å². The van der Waals surface area contributed by atoms with Gasteiger partial charge in [-0.05, 0) is 157 Å². The van der Waals surface area contributed by atoms with Gasteiger partial charge in [0.1, 0.15) is 23.0 Å². The first-order chi connectivity index (χ1) is 37.5. The molecule has 0 fully saturated rings. The summed E-state index contributed by atoms with van der Waals surface area (Å²) in [5.41, 5.74) is 21.1. The summed E-state index contributed by atoms with van der Waals surface area (Å²) in [6.07, 6.45) is 0. The Labute approximate surface area is 451 Å². The van der Waals surface area contributed by atoms with Crippen molar-refractivity contribution in [2.45, 2.75) is 79.1 Å². The molecule has 3 aromatic heterocycles. The van der Waals surface area contributed by atoms with Crippen LogP contribution >= 0.6 is 0 Å². The fourth-order valence-electron chi connectivity index (χ4n) is 12.0. The number of imidazole rings is 2. The van der Waals surface area contributed by atoms with Crippen LogP contribution in [0.1, 0.15) is 101 Å². The molecule has 0 saturated heterocycles. The van der Waals surface area contributed by atoms with E-state index in [4.69, 9.17) is 14.7 Å². The second-order valence-electron chi connectivity index (χ2n) is 22.1. The van der Waals surface area contributed by atoms with Crippen molar-refractivity contribution in [2.24, 2.45) is 0 Å². The van der Waals surface area contributed by atoms with Gasteiger partial charge in [0.2, 0.25) is 0 Å². The van der Waals surface area contributed by atoms with E-state index in [0.717, 1.165) is 72.3 Å². The average molecular weight is 999 g/mol. The highest BCUT2D eigenvalue weighted by Gasteiger charge is 2.25. The summed E-state index contributed by atoms with van der Waals surface area (Å²) in [7, 11) is 0. The van der Waals surface area contributed by atoms with E-state index in [9.17, 15) is 0 Å². The Hall–Kier alpha value is -8.80. The molecule has 77 heavy (non-hydrogen) atoms. The van der Waals surface area contributed by atoms with Gasteiger partial charge in [-0.15, -0.1) is 0 Å².